The quantitative estimate of drug-likeness (QED) is 0.607. The summed E-state index contributed by atoms with van der Waals surface area (Å²) >= 11 is 0. The van der Waals surface area contributed by atoms with Crippen LogP contribution in [0.1, 0.15) is 12.8 Å². The Morgan fingerprint density at radius 1 is 1.07 bits per heavy atom. The lowest BCUT2D eigenvalue weighted by Crippen LogP contribution is -2.52. The van der Waals surface area contributed by atoms with Gasteiger partial charge < -0.3 is 15.3 Å². The number of hydrogen-bond donors (Lipinski definition) is 2. The third-order valence-electron chi connectivity index (χ3n) is 3.68. The highest BCUT2D eigenvalue weighted by atomic mass is 16.3. The fourth-order valence-electron chi connectivity index (χ4n) is 2.59. The second kappa shape index (κ2) is 5.25. The summed E-state index contributed by atoms with van der Waals surface area (Å²) in [7, 11) is 2.17. The molecular weight excluding hydrogens is 190 g/mol. The van der Waals surface area contributed by atoms with Crippen molar-refractivity contribution in [1.29, 1.82) is 0 Å². The monoisotopic (exact) mass is 213 g/mol. The van der Waals surface area contributed by atoms with Crippen LogP contribution >= 0.6 is 0 Å². The Hall–Kier alpha value is -0.160. The van der Waals surface area contributed by atoms with E-state index in [0.29, 0.717) is 6.04 Å². The molecule has 0 radical (unpaired) electrons. The third-order valence-corrected chi connectivity index (χ3v) is 3.68. The highest BCUT2D eigenvalue weighted by Gasteiger charge is 2.28. The molecule has 2 N–H and O–H groups in total. The highest BCUT2D eigenvalue weighted by molar-refractivity contribution is 4.85. The Morgan fingerprint density at radius 2 is 1.73 bits per heavy atom. The molecule has 0 aromatic heterocycles. The van der Waals surface area contributed by atoms with Gasteiger partial charge in [-0.1, -0.05) is 0 Å². The van der Waals surface area contributed by atoms with E-state index in [1.807, 2.05) is 0 Å². The number of hydrogen-bond acceptors (Lipinski definition) is 4. The van der Waals surface area contributed by atoms with Crippen LogP contribution in [-0.2, 0) is 0 Å². The summed E-state index contributed by atoms with van der Waals surface area (Å²) in [5.74, 6) is 0. The number of rotatable bonds is 1. The maximum atomic E-state index is 10.1. The third kappa shape index (κ3) is 2.91. The van der Waals surface area contributed by atoms with E-state index in [-0.39, 0.29) is 6.10 Å². The summed E-state index contributed by atoms with van der Waals surface area (Å²) in [6.45, 7) is 6.50. The van der Waals surface area contributed by atoms with Crippen molar-refractivity contribution in [2.75, 3.05) is 46.3 Å². The van der Waals surface area contributed by atoms with E-state index in [1.54, 1.807) is 0 Å². The van der Waals surface area contributed by atoms with Crippen molar-refractivity contribution < 1.29 is 5.11 Å². The van der Waals surface area contributed by atoms with Crippen LogP contribution in [-0.4, -0.2) is 73.4 Å². The van der Waals surface area contributed by atoms with E-state index in [4.69, 9.17) is 0 Å². The SMILES string of the molecule is CN1CCN([C@H]2CCNCC[C@@H]2O)CC1. The Labute approximate surface area is 92.2 Å². The molecule has 0 spiro atoms. The second-order valence-electron chi connectivity index (χ2n) is 4.80. The Bertz CT molecular complexity index is 192. The number of piperazine rings is 1. The summed E-state index contributed by atoms with van der Waals surface area (Å²) in [4.78, 5) is 4.83. The van der Waals surface area contributed by atoms with Crippen molar-refractivity contribution in [2.45, 2.75) is 25.0 Å². The Balaban J connectivity index is 1.89. The van der Waals surface area contributed by atoms with Crippen molar-refractivity contribution in [2.24, 2.45) is 0 Å². The molecule has 0 bridgehead atoms. The first-order valence-corrected chi connectivity index (χ1v) is 6.09. The van der Waals surface area contributed by atoms with Gasteiger partial charge in [-0.15, -0.1) is 0 Å². The normalized spacial score (nSPS) is 36.4. The fourth-order valence-corrected chi connectivity index (χ4v) is 2.59. The van der Waals surface area contributed by atoms with Crippen molar-refractivity contribution in [3.05, 3.63) is 0 Å². The Kier molecular flexibility index (Phi) is 3.97. The molecule has 2 atom stereocenters. The van der Waals surface area contributed by atoms with Crippen LogP contribution in [0, 0.1) is 0 Å². The molecule has 88 valence electrons. The van der Waals surface area contributed by atoms with Gasteiger partial charge in [0.25, 0.3) is 0 Å². The van der Waals surface area contributed by atoms with Gasteiger partial charge in [0, 0.05) is 32.2 Å². The average Bonchev–Trinajstić information content (AvgIpc) is 2.44. The first-order valence-electron chi connectivity index (χ1n) is 6.09. The number of aliphatic hydroxyl groups is 1. The number of nitrogens with zero attached hydrogens (tertiary/aromatic N) is 2. The molecule has 2 fully saturated rings. The molecule has 0 unspecified atom stereocenters. The molecule has 2 aliphatic heterocycles. The van der Waals surface area contributed by atoms with Crippen LogP contribution in [0.2, 0.25) is 0 Å². The van der Waals surface area contributed by atoms with Crippen molar-refractivity contribution in [1.82, 2.24) is 15.1 Å². The van der Waals surface area contributed by atoms with Crippen LogP contribution in [0.5, 0.6) is 0 Å². The molecule has 2 saturated heterocycles. The molecular formula is C11H23N3O. The maximum Gasteiger partial charge on any atom is 0.0708 e. The predicted octanol–water partition coefficient (Wildman–Crippen LogP) is -0.653. The van der Waals surface area contributed by atoms with Crippen molar-refractivity contribution >= 4 is 0 Å². The smallest absolute Gasteiger partial charge is 0.0708 e. The minimum Gasteiger partial charge on any atom is -0.391 e. The van der Waals surface area contributed by atoms with Gasteiger partial charge in [-0.3, -0.25) is 4.90 Å². The molecule has 15 heavy (non-hydrogen) atoms. The number of likely N-dealkylation sites (N-methyl/N-ethyl adjacent to an activating group) is 1. The first-order chi connectivity index (χ1) is 7.27. The zero-order valence-corrected chi connectivity index (χ0v) is 9.65. The van der Waals surface area contributed by atoms with Crippen LogP contribution in [0.4, 0.5) is 0 Å². The van der Waals surface area contributed by atoms with Gasteiger partial charge in [0.05, 0.1) is 6.10 Å². The average molecular weight is 213 g/mol. The first kappa shape index (κ1) is 11.3. The van der Waals surface area contributed by atoms with Gasteiger partial charge in [0.2, 0.25) is 0 Å². The zero-order valence-electron chi connectivity index (χ0n) is 9.65. The molecule has 0 aromatic carbocycles. The Morgan fingerprint density at radius 3 is 2.47 bits per heavy atom. The second-order valence-corrected chi connectivity index (χ2v) is 4.80. The van der Waals surface area contributed by atoms with Gasteiger partial charge in [0.1, 0.15) is 0 Å². The minimum absolute atomic E-state index is 0.136. The molecule has 0 saturated carbocycles. The highest BCUT2D eigenvalue weighted by Crippen LogP contribution is 2.15. The molecule has 2 heterocycles. The molecule has 2 aliphatic rings. The van der Waals surface area contributed by atoms with Crippen molar-refractivity contribution in [3.63, 3.8) is 0 Å². The molecule has 4 heteroatoms. The van der Waals surface area contributed by atoms with E-state index < -0.39 is 0 Å². The zero-order chi connectivity index (χ0) is 10.7. The minimum atomic E-state index is -0.136. The lowest BCUT2D eigenvalue weighted by molar-refractivity contribution is 0.0224. The fraction of sp³-hybridized carbons (Fsp3) is 1.00. The maximum absolute atomic E-state index is 10.1. The summed E-state index contributed by atoms with van der Waals surface area (Å²) in [5.41, 5.74) is 0. The van der Waals surface area contributed by atoms with Gasteiger partial charge in [0.15, 0.2) is 0 Å². The van der Waals surface area contributed by atoms with Gasteiger partial charge in [-0.2, -0.15) is 0 Å². The predicted molar refractivity (Wildman–Crippen MR) is 61.0 cm³/mol. The number of nitrogens with one attached hydrogen (secondary N) is 1. The van der Waals surface area contributed by atoms with Crippen molar-refractivity contribution in [3.8, 4) is 0 Å². The van der Waals surface area contributed by atoms with Gasteiger partial charge in [-0.05, 0) is 33.0 Å². The van der Waals surface area contributed by atoms with Gasteiger partial charge >= 0.3 is 0 Å². The summed E-state index contributed by atoms with van der Waals surface area (Å²) < 4.78 is 0. The molecule has 0 aliphatic carbocycles. The van der Waals surface area contributed by atoms with E-state index >= 15 is 0 Å². The van der Waals surface area contributed by atoms with Crippen LogP contribution in [0.15, 0.2) is 0 Å². The van der Waals surface area contributed by atoms with E-state index in [9.17, 15) is 5.11 Å². The standard InChI is InChI=1S/C11H23N3O/c1-13-6-8-14(9-7-13)10-2-4-12-5-3-11(10)15/h10-12,15H,2-9H2,1H3/t10-,11-/m0/s1. The van der Waals surface area contributed by atoms with Crippen LogP contribution in [0.3, 0.4) is 0 Å². The molecule has 0 amide bonds. The van der Waals surface area contributed by atoms with Crippen LogP contribution < -0.4 is 5.32 Å². The lowest BCUT2D eigenvalue weighted by Gasteiger charge is -2.39. The summed E-state index contributed by atoms with van der Waals surface area (Å²) in [5, 5.41) is 13.4. The topological polar surface area (TPSA) is 38.7 Å². The largest absolute Gasteiger partial charge is 0.391 e. The van der Waals surface area contributed by atoms with E-state index in [2.05, 4.69) is 22.2 Å². The summed E-state index contributed by atoms with van der Waals surface area (Å²) in [6.07, 6.45) is 1.85. The van der Waals surface area contributed by atoms with Crippen LogP contribution in [0.25, 0.3) is 0 Å². The van der Waals surface area contributed by atoms with E-state index in [1.165, 1.54) is 0 Å². The van der Waals surface area contributed by atoms with E-state index in [0.717, 1.165) is 52.1 Å². The summed E-state index contributed by atoms with van der Waals surface area (Å²) in [6, 6.07) is 0.383. The number of aliphatic hydroxyl groups excluding tert-OH is 1. The molecule has 2 rings (SSSR count). The van der Waals surface area contributed by atoms with Gasteiger partial charge in [-0.25, -0.2) is 0 Å². The lowest BCUT2D eigenvalue weighted by atomic mass is 10.0. The molecule has 4 nitrogen and oxygen atoms in total. The molecule has 0 aromatic rings.